The molecule has 150 valence electrons. The summed E-state index contributed by atoms with van der Waals surface area (Å²) in [6.07, 6.45) is 6.97. The van der Waals surface area contributed by atoms with Crippen molar-refractivity contribution in [2.24, 2.45) is 5.92 Å². The minimum absolute atomic E-state index is 0.0675. The number of carbonyl (C=O) groups is 1. The molecule has 0 spiro atoms. The van der Waals surface area contributed by atoms with E-state index in [1.165, 1.54) is 32.4 Å². The Morgan fingerprint density at radius 3 is 2.85 bits per heavy atom. The summed E-state index contributed by atoms with van der Waals surface area (Å²) in [5.41, 5.74) is 6.82. The van der Waals surface area contributed by atoms with Crippen molar-refractivity contribution in [1.29, 1.82) is 0 Å². The Morgan fingerprint density at radius 2 is 2.07 bits per heavy atom. The fourth-order valence-corrected chi connectivity index (χ4v) is 4.05. The number of nitrogens with zero attached hydrogens (tertiary/aromatic N) is 4. The highest BCUT2D eigenvalue weighted by Gasteiger charge is 2.33. The molecule has 3 rings (SSSR count). The average Bonchev–Trinajstić information content (AvgIpc) is 2.97. The zero-order chi connectivity index (χ0) is 19.2. The van der Waals surface area contributed by atoms with Gasteiger partial charge in [-0.25, -0.2) is 0 Å². The first-order valence-electron chi connectivity index (χ1n) is 10.4. The second-order valence-electron chi connectivity index (χ2n) is 7.72. The van der Waals surface area contributed by atoms with E-state index in [9.17, 15) is 4.79 Å². The van der Waals surface area contributed by atoms with Gasteiger partial charge in [0.15, 0.2) is 0 Å². The fourth-order valence-electron chi connectivity index (χ4n) is 4.05. The van der Waals surface area contributed by atoms with Crippen LogP contribution >= 0.6 is 0 Å². The van der Waals surface area contributed by atoms with Gasteiger partial charge in [-0.2, -0.15) is 9.97 Å². The minimum Gasteiger partial charge on any atom is -0.463 e. The normalized spacial score (nSPS) is 20.1. The number of hydrogen-bond acceptors (Lipinski definition) is 6. The van der Waals surface area contributed by atoms with Crippen molar-refractivity contribution in [3.63, 3.8) is 0 Å². The predicted molar refractivity (Wildman–Crippen MR) is 107 cm³/mol. The van der Waals surface area contributed by atoms with E-state index in [4.69, 9.17) is 10.5 Å². The van der Waals surface area contributed by atoms with Gasteiger partial charge in [-0.15, -0.1) is 0 Å². The molecule has 0 radical (unpaired) electrons. The van der Waals surface area contributed by atoms with Crippen LogP contribution in [-0.2, 0) is 11.2 Å². The van der Waals surface area contributed by atoms with E-state index in [1.54, 1.807) is 4.90 Å². The number of amides is 1. The predicted octanol–water partition coefficient (Wildman–Crippen LogP) is 2.64. The zero-order valence-corrected chi connectivity index (χ0v) is 16.7. The second kappa shape index (κ2) is 9.35. The van der Waals surface area contributed by atoms with Crippen LogP contribution in [-0.4, -0.2) is 53.6 Å². The molecule has 1 aromatic heterocycles. The first kappa shape index (κ1) is 19.9. The lowest BCUT2D eigenvalue weighted by Gasteiger charge is -2.33. The van der Waals surface area contributed by atoms with Crippen LogP contribution in [0.4, 0.5) is 11.6 Å². The van der Waals surface area contributed by atoms with Crippen molar-refractivity contribution in [3.8, 4) is 6.01 Å². The maximum Gasteiger partial charge on any atom is 0.320 e. The lowest BCUT2D eigenvalue weighted by Crippen LogP contribution is -2.38. The highest BCUT2D eigenvalue weighted by molar-refractivity contribution is 6.01. The molecule has 27 heavy (non-hydrogen) atoms. The minimum atomic E-state index is 0.0675. The first-order chi connectivity index (χ1) is 13.1. The summed E-state index contributed by atoms with van der Waals surface area (Å²) in [4.78, 5) is 25.6. The van der Waals surface area contributed by atoms with Crippen LogP contribution < -0.4 is 15.4 Å². The molecule has 2 N–H and O–H groups in total. The van der Waals surface area contributed by atoms with Crippen LogP contribution in [0.15, 0.2) is 0 Å². The van der Waals surface area contributed by atoms with Gasteiger partial charge < -0.3 is 15.4 Å². The number of likely N-dealkylation sites (tertiary alicyclic amines) is 1. The maximum absolute atomic E-state index is 12.5. The molecule has 1 fully saturated rings. The summed E-state index contributed by atoms with van der Waals surface area (Å²) in [6, 6.07) is 0.284. The number of fused-ring (bicyclic) bond motifs is 1. The van der Waals surface area contributed by atoms with Crippen LogP contribution in [0.25, 0.3) is 0 Å². The number of anilines is 2. The van der Waals surface area contributed by atoms with E-state index in [2.05, 4.69) is 28.7 Å². The smallest absolute Gasteiger partial charge is 0.320 e. The number of hydrogen-bond donors (Lipinski definition) is 1. The monoisotopic (exact) mass is 375 g/mol. The third-order valence-corrected chi connectivity index (χ3v) is 5.51. The van der Waals surface area contributed by atoms with Crippen molar-refractivity contribution >= 4 is 17.5 Å². The summed E-state index contributed by atoms with van der Waals surface area (Å²) >= 11 is 0. The molecule has 7 heteroatoms. The van der Waals surface area contributed by atoms with Crippen molar-refractivity contribution in [2.75, 3.05) is 43.4 Å². The van der Waals surface area contributed by atoms with Gasteiger partial charge in [0.2, 0.25) is 5.91 Å². The summed E-state index contributed by atoms with van der Waals surface area (Å²) in [7, 11) is 0. The Balaban J connectivity index is 1.64. The molecule has 0 aromatic carbocycles. The van der Waals surface area contributed by atoms with Gasteiger partial charge in [0.05, 0.1) is 13.0 Å². The molecule has 3 heterocycles. The van der Waals surface area contributed by atoms with Crippen LogP contribution in [0.1, 0.15) is 57.9 Å². The number of nitrogens with two attached hydrogens (primary N) is 1. The fraction of sp³-hybridized carbons (Fsp3) is 0.750. The zero-order valence-electron chi connectivity index (χ0n) is 16.7. The van der Waals surface area contributed by atoms with Gasteiger partial charge in [-0.3, -0.25) is 9.69 Å². The van der Waals surface area contributed by atoms with Crippen LogP contribution in [0, 0.1) is 5.92 Å². The molecule has 0 aliphatic carbocycles. The Kier molecular flexibility index (Phi) is 6.88. The quantitative estimate of drug-likeness (QED) is 0.668. The molecular formula is C20H33N5O2. The summed E-state index contributed by atoms with van der Waals surface area (Å²) in [5, 5.41) is 0. The van der Waals surface area contributed by atoms with E-state index in [0.29, 0.717) is 37.1 Å². The molecule has 2 aliphatic rings. The van der Waals surface area contributed by atoms with E-state index in [-0.39, 0.29) is 11.9 Å². The molecular weight excluding hydrogens is 342 g/mol. The van der Waals surface area contributed by atoms with Crippen molar-refractivity contribution in [1.82, 2.24) is 14.9 Å². The van der Waals surface area contributed by atoms with E-state index < -0.39 is 0 Å². The SMILES string of the molecule is CCCCOc1nc(N)c2c(n1)N(CCC1CCCN(CCC)C1)C(=O)C2. The summed E-state index contributed by atoms with van der Waals surface area (Å²) < 4.78 is 5.62. The molecule has 1 unspecified atom stereocenters. The molecule has 1 aromatic rings. The number of carbonyl (C=O) groups excluding carboxylic acids is 1. The lowest BCUT2D eigenvalue weighted by atomic mass is 9.94. The van der Waals surface area contributed by atoms with Crippen molar-refractivity contribution in [2.45, 2.75) is 58.8 Å². The number of rotatable bonds is 9. The van der Waals surface area contributed by atoms with Crippen LogP contribution in [0.2, 0.25) is 0 Å². The topological polar surface area (TPSA) is 84.6 Å². The molecule has 0 saturated carbocycles. The van der Waals surface area contributed by atoms with Crippen LogP contribution in [0.5, 0.6) is 6.01 Å². The third-order valence-electron chi connectivity index (χ3n) is 5.51. The number of aromatic nitrogens is 2. The molecule has 2 aliphatic heterocycles. The van der Waals surface area contributed by atoms with Gasteiger partial charge >= 0.3 is 6.01 Å². The average molecular weight is 376 g/mol. The Labute approximate surface area is 162 Å². The van der Waals surface area contributed by atoms with Gasteiger partial charge in [0, 0.05) is 18.7 Å². The number of unbranched alkanes of at least 4 members (excludes halogenated alkanes) is 1. The summed E-state index contributed by atoms with van der Waals surface area (Å²) in [5.74, 6) is 1.73. The Hall–Kier alpha value is -1.89. The molecule has 0 bridgehead atoms. The van der Waals surface area contributed by atoms with Crippen LogP contribution in [0.3, 0.4) is 0 Å². The van der Waals surface area contributed by atoms with E-state index in [1.807, 2.05) is 0 Å². The van der Waals surface area contributed by atoms with Gasteiger partial charge in [0.25, 0.3) is 0 Å². The number of ether oxygens (including phenoxy) is 1. The third kappa shape index (κ3) is 4.89. The number of nitrogen functional groups attached to an aromatic ring is 1. The standard InChI is InChI=1S/C20H33N5O2/c1-3-5-12-27-20-22-18(21)16-13-17(26)25(19(16)23-20)11-8-15-7-6-10-24(14-15)9-4-2/h15H,3-14H2,1-2H3,(H2,21,22,23). The van der Waals surface area contributed by atoms with Gasteiger partial charge in [-0.1, -0.05) is 20.3 Å². The molecule has 1 amide bonds. The Morgan fingerprint density at radius 1 is 1.22 bits per heavy atom. The maximum atomic E-state index is 12.5. The van der Waals surface area contributed by atoms with Gasteiger partial charge in [0.1, 0.15) is 11.6 Å². The second-order valence-corrected chi connectivity index (χ2v) is 7.72. The first-order valence-corrected chi connectivity index (χ1v) is 10.4. The lowest BCUT2D eigenvalue weighted by molar-refractivity contribution is -0.117. The molecule has 7 nitrogen and oxygen atoms in total. The Bertz CT molecular complexity index is 650. The largest absolute Gasteiger partial charge is 0.463 e. The molecule has 1 saturated heterocycles. The van der Waals surface area contributed by atoms with Crippen molar-refractivity contribution < 1.29 is 9.53 Å². The number of piperidine rings is 1. The summed E-state index contributed by atoms with van der Waals surface area (Å²) in [6.45, 7) is 9.11. The molecule has 1 atom stereocenters. The van der Waals surface area contributed by atoms with Crippen molar-refractivity contribution in [3.05, 3.63) is 5.56 Å². The van der Waals surface area contributed by atoms with E-state index in [0.717, 1.165) is 31.4 Å². The highest BCUT2D eigenvalue weighted by atomic mass is 16.5. The van der Waals surface area contributed by atoms with Gasteiger partial charge in [-0.05, 0) is 51.1 Å². The van der Waals surface area contributed by atoms with E-state index >= 15 is 0 Å². The highest BCUT2D eigenvalue weighted by Crippen LogP contribution is 2.33.